The summed E-state index contributed by atoms with van der Waals surface area (Å²) < 4.78 is 0. The van der Waals surface area contributed by atoms with Crippen LogP contribution in [0.1, 0.15) is 61.6 Å². The summed E-state index contributed by atoms with van der Waals surface area (Å²) >= 11 is 1.63. The smallest absolute Gasteiger partial charge is 0.238 e. The van der Waals surface area contributed by atoms with Gasteiger partial charge in [-0.05, 0) is 67.6 Å². The predicted molar refractivity (Wildman–Crippen MR) is 127 cm³/mol. The molecule has 160 valence electrons. The number of amides is 2. The zero-order chi connectivity index (χ0) is 21.7. The van der Waals surface area contributed by atoms with Crippen LogP contribution >= 0.6 is 11.8 Å². The van der Waals surface area contributed by atoms with Crippen LogP contribution in [-0.2, 0) is 9.59 Å². The molecule has 2 aromatic carbocycles. The van der Waals surface area contributed by atoms with Crippen LogP contribution in [0.25, 0.3) is 0 Å². The molecule has 0 spiro atoms. The first-order chi connectivity index (χ1) is 14.4. The van der Waals surface area contributed by atoms with E-state index in [9.17, 15) is 9.59 Å². The molecule has 0 aromatic heterocycles. The largest absolute Gasteiger partial charge is 0.326 e. The summed E-state index contributed by atoms with van der Waals surface area (Å²) in [5.74, 6) is 0.714. The van der Waals surface area contributed by atoms with Crippen molar-refractivity contribution < 1.29 is 9.59 Å². The van der Waals surface area contributed by atoms with Crippen LogP contribution in [0.15, 0.2) is 42.5 Å². The summed E-state index contributed by atoms with van der Waals surface area (Å²) in [5, 5.41) is 3.01. The van der Waals surface area contributed by atoms with Crippen molar-refractivity contribution in [3.05, 3.63) is 59.2 Å². The van der Waals surface area contributed by atoms with E-state index >= 15 is 0 Å². The fourth-order valence-electron chi connectivity index (χ4n) is 4.02. The molecule has 2 atom stereocenters. The Morgan fingerprint density at radius 2 is 1.90 bits per heavy atom. The number of nitrogens with one attached hydrogen (secondary N) is 1. The Morgan fingerprint density at radius 3 is 2.57 bits per heavy atom. The molecule has 3 rings (SSSR count). The predicted octanol–water partition coefficient (Wildman–Crippen LogP) is 6.24. The molecule has 1 saturated heterocycles. The number of hydrogen-bond donors (Lipinski definition) is 1. The molecule has 1 aliphatic rings. The highest BCUT2D eigenvalue weighted by Gasteiger charge is 2.34. The average Bonchev–Trinajstić information content (AvgIpc) is 3.09. The lowest BCUT2D eigenvalue weighted by atomic mass is 9.98. The normalized spacial score (nSPS) is 17.3. The SMILES string of the molecule is CCCCC(CC)C(=O)Nc1cccc(C2SCC(=O)N2c2cc(C)cc(C)c2)c1. The minimum Gasteiger partial charge on any atom is -0.326 e. The van der Waals surface area contributed by atoms with Crippen LogP contribution in [0, 0.1) is 19.8 Å². The maximum absolute atomic E-state index is 12.7. The number of benzene rings is 2. The molecule has 2 aromatic rings. The second kappa shape index (κ2) is 10.2. The highest BCUT2D eigenvalue weighted by Crippen LogP contribution is 2.42. The molecule has 5 heteroatoms. The van der Waals surface area contributed by atoms with E-state index in [4.69, 9.17) is 0 Å². The summed E-state index contributed by atoms with van der Waals surface area (Å²) in [6.45, 7) is 8.32. The zero-order valence-electron chi connectivity index (χ0n) is 18.4. The minimum absolute atomic E-state index is 0.0443. The van der Waals surface area contributed by atoms with Crippen molar-refractivity contribution in [3.8, 4) is 0 Å². The molecule has 2 amide bonds. The van der Waals surface area contributed by atoms with E-state index in [0.717, 1.165) is 53.7 Å². The Morgan fingerprint density at radius 1 is 1.17 bits per heavy atom. The van der Waals surface area contributed by atoms with Crippen LogP contribution in [0.3, 0.4) is 0 Å². The fourth-order valence-corrected chi connectivity index (χ4v) is 5.19. The van der Waals surface area contributed by atoms with Gasteiger partial charge in [-0.25, -0.2) is 0 Å². The second-order valence-corrected chi connectivity index (χ2v) is 9.20. The maximum Gasteiger partial charge on any atom is 0.238 e. The number of rotatable bonds is 8. The number of carbonyl (C=O) groups is 2. The van der Waals surface area contributed by atoms with Gasteiger partial charge in [0.15, 0.2) is 0 Å². The molecule has 4 nitrogen and oxygen atoms in total. The van der Waals surface area contributed by atoms with Gasteiger partial charge in [0.05, 0.1) is 5.75 Å². The lowest BCUT2D eigenvalue weighted by Crippen LogP contribution is -2.28. The molecule has 1 N–H and O–H groups in total. The lowest BCUT2D eigenvalue weighted by Gasteiger charge is -2.25. The van der Waals surface area contributed by atoms with Crippen LogP contribution in [-0.4, -0.2) is 17.6 Å². The van der Waals surface area contributed by atoms with E-state index in [-0.39, 0.29) is 23.1 Å². The van der Waals surface area contributed by atoms with Crippen molar-refractivity contribution in [2.24, 2.45) is 5.92 Å². The quantitative estimate of drug-likeness (QED) is 0.546. The van der Waals surface area contributed by atoms with E-state index in [0.29, 0.717) is 5.75 Å². The number of carbonyl (C=O) groups excluding carboxylic acids is 2. The molecule has 0 radical (unpaired) electrons. The van der Waals surface area contributed by atoms with Gasteiger partial charge < -0.3 is 5.32 Å². The highest BCUT2D eigenvalue weighted by atomic mass is 32.2. The van der Waals surface area contributed by atoms with Gasteiger partial charge >= 0.3 is 0 Å². The van der Waals surface area contributed by atoms with Crippen LogP contribution in [0.5, 0.6) is 0 Å². The van der Waals surface area contributed by atoms with Crippen molar-refractivity contribution >= 4 is 35.0 Å². The minimum atomic E-state index is -0.0855. The van der Waals surface area contributed by atoms with E-state index in [1.165, 1.54) is 0 Å². The zero-order valence-corrected chi connectivity index (χ0v) is 19.2. The Balaban J connectivity index is 1.82. The molecule has 1 aliphatic heterocycles. The Labute approximate surface area is 184 Å². The van der Waals surface area contributed by atoms with Gasteiger partial charge in [0.1, 0.15) is 5.37 Å². The van der Waals surface area contributed by atoms with Crippen molar-refractivity contribution in [2.45, 2.75) is 58.8 Å². The van der Waals surface area contributed by atoms with Gasteiger partial charge in [0.25, 0.3) is 0 Å². The molecule has 1 fully saturated rings. The fraction of sp³-hybridized carbons (Fsp3) is 0.440. The van der Waals surface area contributed by atoms with Gasteiger partial charge in [-0.3, -0.25) is 14.5 Å². The number of thioether (sulfide) groups is 1. The van der Waals surface area contributed by atoms with Crippen molar-refractivity contribution in [3.63, 3.8) is 0 Å². The third kappa shape index (κ3) is 5.25. The third-order valence-corrected chi connectivity index (χ3v) is 6.77. The summed E-state index contributed by atoms with van der Waals surface area (Å²) in [7, 11) is 0. The van der Waals surface area contributed by atoms with Gasteiger partial charge in [0.2, 0.25) is 11.8 Å². The maximum atomic E-state index is 12.7. The molecular weight excluding hydrogens is 392 g/mol. The molecular formula is C25H32N2O2S. The number of nitrogens with zero attached hydrogens (tertiary/aromatic N) is 1. The Bertz CT molecular complexity index is 892. The molecule has 0 saturated carbocycles. The topological polar surface area (TPSA) is 49.4 Å². The standard InChI is InChI=1S/C25H32N2O2S/c1-5-7-9-19(6-2)24(29)26-21-11-8-10-20(15-21)25-27(23(28)16-30-25)22-13-17(3)12-18(4)14-22/h8,10-15,19,25H,5-7,9,16H2,1-4H3,(H,26,29). The molecule has 2 unspecified atom stereocenters. The molecule has 0 bridgehead atoms. The monoisotopic (exact) mass is 424 g/mol. The summed E-state index contributed by atoms with van der Waals surface area (Å²) in [6.07, 6.45) is 3.93. The van der Waals surface area contributed by atoms with Gasteiger partial charge in [-0.15, -0.1) is 11.8 Å². The summed E-state index contributed by atoms with van der Waals surface area (Å²) in [4.78, 5) is 27.3. The summed E-state index contributed by atoms with van der Waals surface area (Å²) in [6, 6.07) is 14.2. The lowest BCUT2D eigenvalue weighted by molar-refractivity contribution is -0.120. The van der Waals surface area contributed by atoms with Crippen LogP contribution in [0.4, 0.5) is 11.4 Å². The van der Waals surface area contributed by atoms with Gasteiger partial charge in [0, 0.05) is 17.3 Å². The number of unbranched alkanes of at least 4 members (excludes halogenated alkanes) is 1. The van der Waals surface area contributed by atoms with Gasteiger partial charge in [-0.2, -0.15) is 0 Å². The Hall–Kier alpha value is -2.27. The van der Waals surface area contributed by atoms with E-state index < -0.39 is 0 Å². The third-order valence-electron chi connectivity index (χ3n) is 5.56. The number of hydrogen-bond acceptors (Lipinski definition) is 3. The second-order valence-electron chi connectivity index (χ2n) is 8.14. The first-order valence-electron chi connectivity index (χ1n) is 10.9. The van der Waals surface area contributed by atoms with E-state index in [2.05, 4.69) is 51.2 Å². The molecule has 30 heavy (non-hydrogen) atoms. The van der Waals surface area contributed by atoms with E-state index in [1.54, 1.807) is 11.8 Å². The van der Waals surface area contributed by atoms with Crippen LogP contribution < -0.4 is 10.2 Å². The first kappa shape index (κ1) is 22.4. The summed E-state index contributed by atoms with van der Waals surface area (Å²) in [5.41, 5.74) is 5.06. The first-order valence-corrected chi connectivity index (χ1v) is 11.9. The van der Waals surface area contributed by atoms with Crippen LogP contribution in [0.2, 0.25) is 0 Å². The highest BCUT2D eigenvalue weighted by molar-refractivity contribution is 8.00. The van der Waals surface area contributed by atoms with E-state index in [1.807, 2.05) is 29.2 Å². The average molecular weight is 425 g/mol. The Kier molecular flexibility index (Phi) is 7.59. The van der Waals surface area contributed by atoms with Crippen molar-refractivity contribution in [1.82, 2.24) is 0 Å². The number of anilines is 2. The molecule has 0 aliphatic carbocycles. The van der Waals surface area contributed by atoms with Crippen molar-refractivity contribution in [2.75, 3.05) is 16.0 Å². The molecule has 1 heterocycles. The number of aryl methyl sites for hydroxylation is 2. The van der Waals surface area contributed by atoms with Gasteiger partial charge in [-0.1, -0.05) is 44.9 Å². The van der Waals surface area contributed by atoms with Crippen molar-refractivity contribution in [1.29, 1.82) is 0 Å².